The van der Waals surface area contributed by atoms with E-state index >= 15 is 0 Å². The highest BCUT2D eigenvalue weighted by atomic mass is 16.6. The summed E-state index contributed by atoms with van der Waals surface area (Å²) in [5.41, 5.74) is -0.195. The molecule has 1 aliphatic rings. The third-order valence-corrected chi connectivity index (χ3v) is 6.74. The summed E-state index contributed by atoms with van der Waals surface area (Å²) in [6.45, 7) is 32.8. The minimum atomic E-state index is -0.531. The summed E-state index contributed by atoms with van der Waals surface area (Å²) in [6.07, 6.45) is 0. The fraction of sp³-hybridized carbons (Fsp3) is 0.906. The van der Waals surface area contributed by atoms with Crippen LogP contribution in [0.1, 0.15) is 76.2 Å². The van der Waals surface area contributed by atoms with Crippen molar-refractivity contribution >= 4 is 17.8 Å². The third-order valence-electron chi connectivity index (χ3n) is 6.74. The van der Waals surface area contributed by atoms with E-state index in [1.807, 2.05) is 34.6 Å². The molecule has 42 heavy (non-hydrogen) atoms. The van der Waals surface area contributed by atoms with Gasteiger partial charge in [0.15, 0.2) is 0 Å². The SMILES string of the molecule is CC(C)C(=O)NCCNC(=O)CN1CCN(CC(=O)OC(C)(C)C)CCN(CC(C)(C)C)CCN(CC(C)(C)C)CC1. The molecule has 0 unspecified atom stereocenters. The van der Waals surface area contributed by atoms with Gasteiger partial charge in [0.05, 0.1) is 13.1 Å². The Morgan fingerprint density at radius 1 is 0.619 bits per heavy atom. The lowest BCUT2D eigenvalue weighted by molar-refractivity contribution is -0.156. The number of amides is 2. The Labute approximate surface area is 257 Å². The van der Waals surface area contributed by atoms with Crippen LogP contribution in [0.4, 0.5) is 0 Å². The van der Waals surface area contributed by atoms with Crippen molar-refractivity contribution in [3.05, 3.63) is 0 Å². The van der Waals surface area contributed by atoms with Crippen LogP contribution < -0.4 is 10.6 Å². The van der Waals surface area contributed by atoms with Gasteiger partial charge < -0.3 is 25.2 Å². The maximum Gasteiger partial charge on any atom is 0.320 e. The van der Waals surface area contributed by atoms with E-state index in [-0.39, 0.29) is 47.6 Å². The predicted octanol–water partition coefficient (Wildman–Crippen LogP) is 2.53. The second kappa shape index (κ2) is 17.5. The van der Waals surface area contributed by atoms with E-state index in [1.54, 1.807) is 0 Å². The molecule has 0 aliphatic carbocycles. The molecule has 1 heterocycles. The molecule has 246 valence electrons. The average molecular weight is 597 g/mol. The molecule has 10 heteroatoms. The first-order valence-corrected chi connectivity index (χ1v) is 15.9. The lowest BCUT2D eigenvalue weighted by atomic mass is 9.95. The number of rotatable bonds is 10. The van der Waals surface area contributed by atoms with Crippen LogP contribution in [0, 0.1) is 16.7 Å². The van der Waals surface area contributed by atoms with Gasteiger partial charge in [0.25, 0.3) is 0 Å². The molecule has 0 bridgehead atoms. The van der Waals surface area contributed by atoms with Gasteiger partial charge in [0, 0.05) is 84.5 Å². The van der Waals surface area contributed by atoms with Crippen molar-refractivity contribution in [2.45, 2.75) is 81.8 Å². The van der Waals surface area contributed by atoms with E-state index in [9.17, 15) is 14.4 Å². The van der Waals surface area contributed by atoms with E-state index in [0.29, 0.717) is 26.2 Å². The van der Waals surface area contributed by atoms with E-state index in [0.717, 1.165) is 52.4 Å². The van der Waals surface area contributed by atoms with Gasteiger partial charge in [-0.2, -0.15) is 0 Å². The largest absolute Gasteiger partial charge is 0.459 e. The molecule has 0 aromatic heterocycles. The Kier molecular flexibility index (Phi) is 16.0. The number of hydrogen-bond donors (Lipinski definition) is 2. The van der Waals surface area contributed by atoms with Crippen LogP contribution in [0.25, 0.3) is 0 Å². The van der Waals surface area contributed by atoms with E-state index in [1.165, 1.54) is 0 Å². The van der Waals surface area contributed by atoms with Gasteiger partial charge in [0.2, 0.25) is 11.8 Å². The second-order valence-corrected chi connectivity index (χ2v) is 15.6. The summed E-state index contributed by atoms with van der Waals surface area (Å²) in [5.74, 6) is -0.375. The summed E-state index contributed by atoms with van der Waals surface area (Å²) < 4.78 is 5.65. The van der Waals surface area contributed by atoms with Crippen molar-refractivity contribution in [2.24, 2.45) is 16.7 Å². The standard InChI is InChI=1S/C32H64N6O4/c1-26(2)29(41)34-13-12-33-27(39)22-35-14-15-36(23-28(40)42-32(9,10)11)17-19-38(25-31(6,7)8)21-20-37(18-16-35)24-30(3,4)5/h26H,12-25H2,1-11H3,(H,33,39)(H,34,41). The van der Waals surface area contributed by atoms with E-state index in [2.05, 4.69) is 71.8 Å². The quantitative estimate of drug-likeness (QED) is 0.294. The van der Waals surface area contributed by atoms with Crippen molar-refractivity contribution in [1.29, 1.82) is 0 Å². The number of carbonyl (C=O) groups is 3. The van der Waals surface area contributed by atoms with Gasteiger partial charge in [-0.05, 0) is 31.6 Å². The molecule has 1 saturated heterocycles. The lowest BCUT2D eigenvalue weighted by Gasteiger charge is -2.37. The maximum absolute atomic E-state index is 12.9. The molecule has 0 atom stereocenters. The van der Waals surface area contributed by atoms with Crippen molar-refractivity contribution < 1.29 is 19.1 Å². The van der Waals surface area contributed by atoms with Crippen LogP contribution >= 0.6 is 0 Å². The predicted molar refractivity (Wildman–Crippen MR) is 171 cm³/mol. The Hall–Kier alpha value is -1.75. The van der Waals surface area contributed by atoms with Crippen LogP contribution in [0.2, 0.25) is 0 Å². The second-order valence-electron chi connectivity index (χ2n) is 15.6. The van der Waals surface area contributed by atoms with Gasteiger partial charge in [-0.3, -0.25) is 24.2 Å². The van der Waals surface area contributed by atoms with Crippen molar-refractivity contribution in [2.75, 3.05) is 91.6 Å². The zero-order valence-corrected chi connectivity index (χ0v) is 28.9. The molecule has 0 aromatic carbocycles. The summed E-state index contributed by atoms with van der Waals surface area (Å²) in [5, 5.41) is 5.80. The number of esters is 1. The molecule has 0 aromatic rings. The van der Waals surface area contributed by atoms with Crippen LogP contribution in [0.5, 0.6) is 0 Å². The summed E-state index contributed by atoms with van der Waals surface area (Å²) in [7, 11) is 0. The van der Waals surface area contributed by atoms with Crippen molar-refractivity contribution in [3.63, 3.8) is 0 Å². The van der Waals surface area contributed by atoms with Crippen molar-refractivity contribution in [3.8, 4) is 0 Å². The van der Waals surface area contributed by atoms with Gasteiger partial charge in [-0.15, -0.1) is 0 Å². The average Bonchev–Trinajstić information content (AvgIpc) is 2.80. The highest BCUT2D eigenvalue weighted by molar-refractivity contribution is 5.79. The molecule has 2 N–H and O–H groups in total. The van der Waals surface area contributed by atoms with Crippen LogP contribution in [0.3, 0.4) is 0 Å². The van der Waals surface area contributed by atoms with Gasteiger partial charge in [0.1, 0.15) is 5.60 Å². The van der Waals surface area contributed by atoms with Gasteiger partial charge >= 0.3 is 5.97 Å². The molecule has 10 nitrogen and oxygen atoms in total. The van der Waals surface area contributed by atoms with Crippen LogP contribution in [-0.2, 0) is 19.1 Å². The molecule has 1 rings (SSSR count). The summed E-state index contributed by atoms with van der Waals surface area (Å²) in [4.78, 5) is 46.9. The molecule has 0 spiro atoms. The van der Waals surface area contributed by atoms with E-state index < -0.39 is 5.60 Å². The molecule has 0 saturated carbocycles. The normalized spacial score (nSPS) is 18.3. The molecule has 1 fully saturated rings. The zero-order chi connectivity index (χ0) is 32.1. The summed E-state index contributed by atoms with van der Waals surface area (Å²) in [6, 6.07) is 0. The van der Waals surface area contributed by atoms with Gasteiger partial charge in [-0.1, -0.05) is 55.4 Å². The van der Waals surface area contributed by atoms with Crippen LogP contribution in [0.15, 0.2) is 0 Å². The number of nitrogens with one attached hydrogen (secondary N) is 2. The summed E-state index contributed by atoms with van der Waals surface area (Å²) >= 11 is 0. The maximum atomic E-state index is 12.9. The van der Waals surface area contributed by atoms with E-state index in [4.69, 9.17) is 4.74 Å². The number of nitrogens with zero attached hydrogens (tertiary/aromatic N) is 4. The first-order valence-electron chi connectivity index (χ1n) is 15.9. The van der Waals surface area contributed by atoms with Crippen LogP contribution in [-0.4, -0.2) is 135 Å². The number of carbonyl (C=O) groups excluding carboxylic acids is 3. The lowest BCUT2D eigenvalue weighted by Crippen LogP contribution is -2.50. The topological polar surface area (TPSA) is 97.5 Å². The fourth-order valence-corrected chi connectivity index (χ4v) is 4.96. The Bertz CT molecular complexity index is 828. The number of ether oxygens (including phenoxy) is 1. The molecule has 2 amide bonds. The molecule has 0 radical (unpaired) electrons. The first kappa shape index (κ1) is 38.3. The smallest absolute Gasteiger partial charge is 0.320 e. The molecule has 1 aliphatic heterocycles. The van der Waals surface area contributed by atoms with Crippen molar-refractivity contribution in [1.82, 2.24) is 30.2 Å². The minimum Gasteiger partial charge on any atom is -0.459 e. The monoisotopic (exact) mass is 596 g/mol. The Morgan fingerprint density at radius 2 is 1.00 bits per heavy atom. The molecular formula is C32H64N6O4. The highest BCUT2D eigenvalue weighted by Gasteiger charge is 2.25. The minimum absolute atomic E-state index is 0.0163. The third kappa shape index (κ3) is 19.4. The Balaban J connectivity index is 3.02. The molecular weight excluding hydrogens is 532 g/mol. The fourth-order valence-electron chi connectivity index (χ4n) is 4.96. The van der Waals surface area contributed by atoms with Gasteiger partial charge in [-0.25, -0.2) is 0 Å². The zero-order valence-electron chi connectivity index (χ0n) is 28.9. The highest BCUT2D eigenvalue weighted by Crippen LogP contribution is 2.18. The number of hydrogen-bond acceptors (Lipinski definition) is 8. The Morgan fingerprint density at radius 3 is 1.38 bits per heavy atom. The first-order chi connectivity index (χ1) is 19.2.